The molecule has 2 aliphatic rings. The number of rotatable bonds is 4. The van der Waals surface area contributed by atoms with Gasteiger partial charge in [-0.15, -0.1) is 11.3 Å². The smallest absolute Gasteiger partial charge is 0.191 e. The second-order valence-electron chi connectivity index (χ2n) is 5.30. The molecule has 1 aromatic rings. The molecule has 2 N–H and O–H groups in total. The summed E-state index contributed by atoms with van der Waals surface area (Å²) >= 11 is 1.82. The Labute approximate surface area is 124 Å². The monoisotopic (exact) mass is 294 g/mol. The number of nitrogens with one attached hydrogen (secondary N) is 2. The van der Waals surface area contributed by atoms with E-state index in [0.717, 1.165) is 45.4 Å². The number of aliphatic imine (C=N–C) groups is 1. The van der Waals surface area contributed by atoms with Crippen LogP contribution in [0.5, 0.6) is 0 Å². The van der Waals surface area contributed by atoms with Crippen molar-refractivity contribution in [2.75, 3.05) is 39.4 Å². The van der Waals surface area contributed by atoms with Crippen molar-refractivity contribution in [3.05, 3.63) is 22.4 Å². The molecule has 0 aromatic carbocycles. The summed E-state index contributed by atoms with van der Waals surface area (Å²) in [6, 6.07) is 5.19. The van der Waals surface area contributed by atoms with Crippen molar-refractivity contribution < 1.29 is 4.74 Å². The number of ether oxygens (including phenoxy) is 1. The van der Waals surface area contributed by atoms with Gasteiger partial charge in [-0.2, -0.15) is 0 Å². The quantitative estimate of drug-likeness (QED) is 0.872. The lowest BCUT2D eigenvalue weighted by atomic mass is 10.2. The van der Waals surface area contributed by atoms with E-state index in [4.69, 9.17) is 4.74 Å². The molecule has 0 radical (unpaired) electrons. The van der Waals surface area contributed by atoms with Crippen LogP contribution >= 0.6 is 11.3 Å². The van der Waals surface area contributed by atoms with Gasteiger partial charge in [0.1, 0.15) is 0 Å². The first kappa shape index (κ1) is 13.9. The van der Waals surface area contributed by atoms with Gasteiger partial charge in [-0.1, -0.05) is 6.07 Å². The molecule has 1 saturated heterocycles. The molecule has 6 heteroatoms. The summed E-state index contributed by atoms with van der Waals surface area (Å²) in [5.41, 5.74) is 0. The Morgan fingerprint density at radius 2 is 2.40 bits per heavy atom. The average molecular weight is 294 g/mol. The lowest BCUT2D eigenvalue weighted by molar-refractivity contribution is 0.0177. The van der Waals surface area contributed by atoms with E-state index in [1.54, 1.807) is 0 Å². The number of hydrogen-bond acceptors (Lipinski definition) is 6. The third-order valence-corrected chi connectivity index (χ3v) is 4.70. The standard InChI is InChI=1S/C14H22N4OS/c1-11-9-15-14(17-11)16-10-12(13-3-2-8-20-13)18-4-6-19-7-5-18/h2-3,8,11-12H,4-7,9-10H2,1H3,(H2,15,16,17). The van der Waals surface area contributed by atoms with Crippen LogP contribution < -0.4 is 10.6 Å². The summed E-state index contributed by atoms with van der Waals surface area (Å²) in [7, 11) is 0. The summed E-state index contributed by atoms with van der Waals surface area (Å²) < 4.78 is 5.46. The van der Waals surface area contributed by atoms with Crippen molar-refractivity contribution in [3.63, 3.8) is 0 Å². The molecule has 0 aliphatic carbocycles. The Balaban J connectivity index is 1.63. The maximum absolute atomic E-state index is 5.46. The molecule has 5 nitrogen and oxygen atoms in total. The minimum atomic E-state index is 0.402. The highest BCUT2D eigenvalue weighted by atomic mass is 32.1. The molecule has 0 saturated carbocycles. The van der Waals surface area contributed by atoms with Gasteiger partial charge in [0.2, 0.25) is 0 Å². The van der Waals surface area contributed by atoms with Crippen LogP contribution in [0.3, 0.4) is 0 Å². The molecule has 110 valence electrons. The topological polar surface area (TPSA) is 48.9 Å². The van der Waals surface area contributed by atoms with Crippen molar-refractivity contribution in [1.82, 2.24) is 15.5 Å². The fourth-order valence-corrected chi connectivity index (χ4v) is 3.49. The Kier molecular flexibility index (Phi) is 4.54. The molecule has 0 bridgehead atoms. The fourth-order valence-electron chi connectivity index (χ4n) is 2.63. The van der Waals surface area contributed by atoms with Crippen LogP contribution in [0.25, 0.3) is 0 Å². The van der Waals surface area contributed by atoms with E-state index in [1.807, 2.05) is 11.3 Å². The molecule has 2 atom stereocenters. The van der Waals surface area contributed by atoms with Gasteiger partial charge in [0.05, 0.1) is 25.8 Å². The van der Waals surface area contributed by atoms with Crippen molar-refractivity contribution in [1.29, 1.82) is 0 Å². The van der Waals surface area contributed by atoms with Gasteiger partial charge in [0.25, 0.3) is 0 Å². The molecule has 1 aromatic heterocycles. The highest BCUT2D eigenvalue weighted by Crippen LogP contribution is 2.25. The second kappa shape index (κ2) is 6.56. The minimum Gasteiger partial charge on any atom is -0.379 e. The third kappa shape index (κ3) is 3.31. The highest BCUT2D eigenvalue weighted by Gasteiger charge is 2.24. The Morgan fingerprint density at radius 1 is 1.55 bits per heavy atom. The maximum Gasteiger partial charge on any atom is 0.191 e. The number of hydrogen-bond donors (Lipinski definition) is 2. The van der Waals surface area contributed by atoms with E-state index >= 15 is 0 Å². The van der Waals surface area contributed by atoms with Crippen molar-refractivity contribution in [3.8, 4) is 0 Å². The van der Waals surface area contributed by atoms with Crippen LogP contribution in [0.1, 0.15) is 17.8 Å². The second-order valence-corrected chi connectivity index (χ2v) is 6.27. The highest BCUT2D eigenvalue weighted by molar-refractivity contribution is 7.10. The Hall–Kier alpha value is -1.11. The van der Waals surface area contributed by atoms with Gasteiger partial charge in [-0.25, -0.2) is 0 Å². The summed E-state index contributed by atoms with van der Waals surface area (Å²) in [4.78, 5) is 8.38. The first-order valence-electron chi connectivity index (χ1n) is 7.23. The molecule has 1 fully saturated rings. The van der Waals surface area contributed by atoms with E-state index in [-0.39, 0.29) is 0 Å². The molecular formula is C14H22N4OS. The molecule has 0 amide bonds. The first-order valence-corrected chi connectivity index (χ1v) is 8.11. The summed E-state index contributed by atoms with van der Waals surface area (Å²) in [5, 5.41) is 8.97. The van der Waals surface area contributed by atoms with Crippen molar-refractivity contribution in [2.45, 2.75) is 19.0 Å². The first-order chi connectivity index (χ1) is 9.83. The molecule has 0 spiro atoms. The molecule has 3 rings (SSSR count). The molecular weight excluding hydrogens is 272 g/mol. The van der Waals surface area contributed by atoms with Crippen LogP contribution in [0, 0.1) is 0 Å². The van der Waals surface area contributed by atoms with Gasteiger partial charge in [0.15, 0.2) is 5.96 Å². The molecule has 20 heavy (non-hydrogen) atoms. The summed E-state index contributed by atoms with van der Waals surface area (Å²) in [6.07, 6.45) is 0. The normalized spacial score (nSPS) is 25.1. The SMILES string of the molecule is CC1CN=C(NCC(c2cccs2)N2CCOCC2)N1. The minimum absolute atomic E-state index is 0.402. The van der Waals surface area contributed by atoms with Crippen molar-refractivity contribution in [2.24, 2.45) is 4.99 Å². The molecule has 2 unspecified atom stereocenters. The predicted molar refractivity (Wildman–Crippen MR) is 82.4 cm³/mol. The van der Waals surface area contributed by atoms with E-state index in [0.29, 0.717) is 12.1 Å². The van der Waals surface area contributed by atoms with Gasteiger partial charge in [-0.3, -0.25) is 9.89 Å². The van der Waals surface area contributed by atoms with Gasteiger partial charge >= 0.3 is 0 Å². The average Bonchev–Trinajstić information content (AvgIpc) is 3.12. The van der Waals surface area contributed by atoms with Crippen molar-refractivity contribution >= 4 is 17.3 Å². The van der Waals surface area contributed by atoms with Gasteiger partial charge in [-0.05, 0) is 18.4 Å². The van der Waals surface area contributed by atoms with Crippen LogP contribution in [0.15, 0.2) is 22.5 Å². The predicted octanol–water partition coefficient (Wildman–Crippen LogP) is 1.06. The maximum atomic E-state index is 5.46. The van der Waals surface area contributed by atoms with Crippen LogP contribution in [-0.2, 0) is 4.74 Å². The molecule has 2 aliphatic heterocycles. The van der Waals surface area contributed by atoms with Gasteiger partial charge in [0, 0.05) is 30.6 Å². The van der Waals surface area contributed by atoms with E-state index in [2.05, 4.69) is 45.0 Å². The van der Waals surface area contributed by atoms with E-state index in [9.17, 15) is 0 Å². The van der Waals surface area contributed by atoms with Crippen LogP contribution in [0.4, 0.5) is 0 Å². The fraction of sp³-hybridized carbons (Fsp3) is 0.643. The lowest BCUT2D eigenvalue weighted by Gasteiger charge is -2.34. The number of thiophene rings is 1. The van der Waals surface area contributed by atoms with E-state index < -0.39 is 0 Å². The number of guanidine groups is 1. The molecule has 3 heterocycles. The third-order valence-electron chi connectivity index (χ3n) is 3.73. The van der Waals surface area contributed by atoms with Gasteiger partial charge < -0.3 is 15.4 Å². The lowest BCUT2D eigenvalue weighted by Crippen LogP contribution is -2.46. The zero-order valence-electron chi connectivity index (χ0n) is 11.8. The van der Waals surface area contributed by atoms with Crippen LogP contribution in [-0.4, -0.2) is 56.3 Å². The Morgan fingerprint density at radius 3 is 3.05 bits per heavy atom. The largest absolute Gasteiger partial charge is 0.379 e. The van der Waals surface area contributed by atoms with E-state index in [1.165, 1.54) is 4.88 Å². The number of nitrogens with zero attached hydrogens (tertiary/aromatic N) is 2. The summed E-state index contributed by atoms with van der Waals surface area (Å²) in [5.74, 6) is 0.937. The van der Waals surface area contributed by atoms with Crippen LogP contribution in [0.2, 0.25) is 0 Å². The zero-order valence-corrected chi connectivity index (χ0v) is 12.7. The Bertz CT molecular complexity index is 442. The number of morpholine rings is 1. The summed E-state index contributed by atoms with van der Waals surface area (Å²) in [6.45, 7) is 7.57. The zero-order chi connectivity index (χ0) is 13.8.